The maximum absolute atomic E-state index is 13.2. The van der Waals surface area contributed by atoms with Crippen molar-refractivity contribution in [1.29, 1.82) is 0 Å². The molecule has 11 heteroatoms. The van der Waals surface area contributed by atoms with Gasteiger partial charge in [-0.1, -0.05) is 64.1 Å². The number of hydrogen-bond acceptors (Lipinski definition) is 7. The van der Waals surface area contributed by atoms with E-state index >= 15 is 0 Å². The highest BCUT2D eigenvalue weighted by Crippen LogP contribution is 2.21. The molecule has 10 nitrogen and oxygen atoms in total. The minimum Gasteiger partial charge on any atom is -0.391 e. The molecule has 0 bridgehead atoms. The van der Waals surface area contributed by atoms with Gasteiger partial charge in [-0.15, -0.1) is 11.3 Å². The van der Waals surface area contributed by atoms with Crippen molar-refractivity contribution in [2.24, 2.45) is 11.8 Å². The van der Waals surface area contributed by atoms with Gasteiger partial charge in [-0.05, 0) is 35.3 Å². The van der Waals surface area contributed by atoms with Gasteiger partial charge >= 0.3 is 0 Å². The summed E-state index contributed by atoms with van der Waals surface area (Å²) in [5.41, 5.74) is 3.63. The summed E-state index contributed by atoms with van der Waals surface area (Å²) < 4.78 is 0. The molecular formula is C29H43N5O5S. The van der Waals surface area contributed by atoms with E-state index in [2.05, 4.69) is 21.4 Å². The number of rotatable bonds is 15. The Morgan fingerprint density at radius 2 is 1.40 bits per heavy atom. The van der Waals surface area contributed by atoms with Gasteiger partial charge in [-0.3, -0.25) is 24.6 Å². The lowest BCUT2D eigenvalue weighted by Gasteiger charge is -2.31. The molecule has 0 saturated heterocycles. The summed E-state index contributed by atoms with van der Waals surface area (Å²) in [4.78, 5) is 50.7. The van der Waals surface area contributed by atoms with Gasteiger partial charge in [0.25, 0.3) is 5.91 Å². The van der Waals surface area contributed by atoms with Crippen molar-refractivity contribution >= 4 is 35.0 Å². The molecule has 0 spiro atoms. The van der Waals surface area contributed by atoms with Crippen molar-refractivity contribution in [3.63, 3.8) is 0 Å². The minimum absolute atomic E-state index is 0.131. The zero-order valence-corrected chi connectivity index (χ0v) is 25.0. The van der Waals surface area contributed by atoms with Crippen LogP contribution < -0.4 is 21.4 Å². The van der Waals surface area contributed by atoms with Crippen molar-refractivity contribution in [2.75, 3.05) is 6.54 Å². The fourth-order valence-corrected chi connectivity index (χ4v) is 4.98. The van der Waals surface area contributed by atoms with Crippen LogP contribution in [0.1, 0.15) is 64.4 Å². The van der Waals surface area contributed by atoms with Crippen LogP contribution in [0.25, 0.3) is 0 Å². The molecule has 0 saturated carbocycles. The first-order valence-corrected chi connectivity index (χ1v) is 14.4. The van der Waals surface area contributed by atoms with Crippen molar-refractivity contribution in [1.82, 2.24) is 26.4 Å². The third-order valence-corrected chi connectivity index (χ3v) is 7.21. The minimum atomic E-state index is -1.00. The lowest BCUT2D eigenvalue weighted by Crippen LogP contribution is -2.54. The number of nitrogens with zero attached hydrogens (tertiary/aromatic N) is 1. The van der Waals surface area contributed by atoms with Crippen LogP contribution in [0, 0.1) is 11.8 Å². The first kappa shape index (κ1) is 32.9. The Labute approximate surface area is 240 Å². The molecule has 0 aliphatic heterocycles. The van der Waals surface area contributed by atoms with E-state index in [1.54, 1.807) is 16.3 Å². The fourth-order valence-electron chi connectivity index (χ4n) is 4.26. The molecule has 40 heavy (non-hydrogen) atoms. The summed E-state index contributed by atoms with van der Waals surface area (Å²) in [6.45, 7) is 10.8. The van der Waals surface area contributed by atoms with Gasteiger partial charge in [0.2, 0.25) is 17.7 Å². The largest absolute Gasteiger partial charge is 0.391 e. The first-order chi connectivity index (χ1) is 18.9. The van der Waals surface area contributed by atoms with Gasteiger partial charge in [0, 0.05) is 25.3 Å². The number of nitrogens with one attached hydrogen (secondary N) is 4. The molecule has 4 unspecified atom stereocenters. The van der Waals surface area contributed by atoms with Crippen LogP contribution >= 0.6 is 11.3 Å². The highest BCUT2D eigenvalue weighted by Gasteiger charge is 2.30. The van der Waals surface area contributed by atoms with Crippen LogP contribution in [-0.2, 0) is 25.7 Å². The van der Waals surface area contributed by atoms with Crippen molar-refractivity contribution < 1.29 is 24.3 Å². The van der Waals surface area contributed by atoms with Gasteiger partial charge in [0.15, 0.2) is 0 Å². The highest BCUT2D eigenvalue weighted by molar-refractivity contribution is 7.09. The van der Waals surface area contributed by atoms with E-state index in [-0.39, 0.29) is 42.5 Å². The molecule has 220 valence electrons. The second-order valence-electron chi connectivity index (χ2n) is 10.6. The Morgan fingerprint density at radius 3 is 1.90 bits per heavy atom. The second-order valence-corrected chi connectivity index (χ2v) is 11.6. The Balaban J connectivity index is 2.22. The van der Waals surface area contributed by atoms with Crippen LogP contribution in [0.4, 0.5) is 0 Å². The molecular weight excluding hydrogens is 530 g/mol. The summed E-state index contributed by atoms with van der Waals surface area (Å²) >= 11 is 1.54. The zero-order valence-electron chi connectivity index (χ0n) is 24.1. The number of aliphatic hydroxyl groups is 1. The smallest absolute Gasteiger partial charge is 0.257 e. The molecule has 1 aromatic carbocycles. The molecule has 0 fully saturated rings. The fraction of sp³-hybridized carbons (Fsp3) is 0.517. The summed E-state index contributed by atoms with van der Waals surface area (Å²) in [7, 11) is 0. The molecule has 4 amide bonds. The van der Waals surface area contributed by atoms with E-state index in [4.69, 9.17) is 0 Å². The highest BCUT2D eigenvalue weighted by atomic mass is 32.1. The van der Waals surface area contributed by atoms with Crippen molar-refractivity contribution in [3.8, 4) is 0 Å². The Hall–Kier alpha value is -3.28. The van der Waals surface area contributed by atoms with Crippen LogP contribution in [0.2, 0.25) is 0 Å². The van der Waals surface area contributed by atoms with E-state index in [0.29, 0.717) is 12.1 Å². The SMILES string of the molecule is CC(=O)NC(C(=O)NC(c1ccccc1)C(O)CCN(Cc1cccs1)NC(=O)C(NC(C)=O)C(C)C)C(C)C. The summed E-state index contributed by atoms with van der Waals surface area (Å²) in [5.74, 6) is -1.64. The molecule has 2 aromatic rings. The number of thiophene rings is 1. The van der Waals surface area contributed by atoms with Gasteiger partial charge in [-0.2, -0.15) is 0 Å². The Morgan fingerprint density at radius 1 is 0.825 bits per heavy atom. The van der Waals surface area contributed by atoms with E-state index < -0.39 is 30.1 Å². The Kier molecular flexibility index (Phi) is 13.3. The number of hydrogen-bond donors (Lipinski definition) is 5. The van der Waals surface area contributed by atoms with Crippen LogP contribution in [0.3, 0.4) is 0 Å². The molecule has 2 rings (SSSR count). The molecule has 5 N–H and O–H groups in total. The normalized spacial score (nSPS) is 14.3. The van der Waals surface area contributed by atoms with Crippen LogP contribution in [0.5, 0.6) is 0 Å². The predicted molar refractivity (Wildman–Crippen MR) is 156 cm³/mol. The monoisotopic (exact) mass is 573 g/mol. The number of carbonyl (C=O) groups is 4. The molecule has 0 aliphatic carbocycles. The number of hydrazine groups is 1. The van der Waals surface area contributed by atoms with Gasteiger partial charge in [-0.25, -0.2) is 5.01 Å². The molecule has 0 aliphatic rings. The third-order valence-electron chi connectivity index (χ3n) is 6.35. The summed E-state index contributed by atoms with van der Waals surface area (Å²) in [6.07, 6.45) is -0.791. The van der Waals surface area contributed by atoms with Gasteiger partial charge in [0.05, 0.1) is 18.7 Å². The number of benzene rings is 1. The summed E-state index contributed by atoms with van der Waals surface area (Å²) in [5, 5.41) is 23.3. The van der Waals surface area contributed by atoms with Crippen LogP contribution in [0.15, 0.2) is 47.8 Å². The summed E-state index contributed by atoms with van der Waals surface area (Å²) in [6, 6.07) is 10.8. The van der Waals surface area contributed by atoms with E-state index in [1.165, 1.54) is 13.8 Å². The molecule has 1 aromatic heterocycles. The number of aliphatic hydroxyl groups excluding tert-OH is 1. The third kappa shape index (κ3) is 10.7. The lowest BCUT2D eigenvalue weighted by atomic mass is 9.97. The lowest BCUT2D eigenvalue weighted by molar-refractivity contribution is -0.133. The van der Waals surface area contributed by atoms with E-state index in [9.17, 15) is 24.3 Å². The van der Waals surface area contributed by atoms with E-state index in [0.717, 1.165) is 4.88 Å². The molecule has 4 atom stereocenters. The second kappa shape index (κ2) is 16.1. The van der Waals surface area contributed by atoms with Gasteiger partial charge < -0.3 is 21.1 Å². The Bertz CT molecular complexity index is 1090. The number of amides is 4. The topological polar surface area (TPSA) is 140 Å². The van der Waals surface area contributed by atoms with Crippen LogP contribution in [-0.4, -0.2) is 58.5 Å². The van der Waals surface area contributed by atoms with Gasteiger partial charge in [0.1, 0.15) is 12.1 Å². The predicted octanol–water partition coefficient (Wildman–Crippen LogP) is 2.51. The number of carbonyl (C=O) groups excluding carboxylic acids is 4. The van der Waals surface area contributed by atoms with E-state index in [1.807, 2.05) is 75.5 Å². The first-order valence-electron chi connectivity index (χ1n) is 13.5. The molecule has 1 heterocycles. The standard InChI is InChI=1S/C29H43N5O5S/c1-18(2)25(30-20(5)35)28(38)32-27(22-11-8-7-9-12-22)24(37)14-15-34(17-23-13-10-16-40-23)33-29(39)26(19(3)4)31-21(6)36/h7-13,16,18-19,24-27,37H,14-15,17H2,1-6H3,(H,30,35)(H,31,36)(H,32,38)(H,33,39). The zero-order chi connectivity index (χ0) is 29.8. The average molecular weight is 574 g/mol. The quantitative estimate of drug-likeness (QED) is 0.208. The maximum atomic E-state index is 13.2. The molecule has 0 radical (unpaired) electrons. The van der Waals surface area contributed by atoms with Crippen molar-refractivity contribution in [3.05, 3.63) is 58.3 Å². The maximum Gasteiger partial charge on any atom is 0.257 e. The average Bonchev–Trinajstić information content (AvgIpc) is 3.40. The van der Waals surface area contributed by atoms with Crippen molar-refractivity contribution in [2.45, 2.75) is 78.7 Å².